The first kappa shape index (κ1) is 9.77. The molecule has 0 unspecified atom stereocenters. The van der Waals surface area contributed by atoms with E-state index in [2.05, 4.69) is 0 Å². The summed E-state index contributed by atoms with van der Waals surface area (Å²) in [7, 11) is 0. The fourth-order valence-electron chi connectivity index (χ4n) is 1.38. The molecule has 0 saturated heterocycles. The zero-order valence-corrected chi connectivity index (χ0v) is 7.68. The summed E-state index contributed by atoms with van der Waals surface area (Å²) in [6.45, 7) is 0. The minimum Gasteiger partial charge on any atom is -0.207 e. The van der Waals surface area contributed by atoms with E-state index in [-0.39, 0.29) is 11.1 Å². The molecule has 3 heteroatoms. The summed E-state index contributed by atoms with van der Waals surface area (Å²) in [4.78, 5) is 0. The van der Waals surface area contributed by atoms with E-state index >= 15 is 0 Å². The second kappa shape index (κ2) is 3.77. The highest BCUT2D eigenvalue weighted by molar-refractivity contribution is 5.64. The monoisotopic (exact) mass is 208 g/mol. The molecule has 0 spiro atoms. The lowest BCUT2D eigenvalue weighted by Gasteiger charge is -2.04. The van der Waals surface area contributed by atoms with Gasteiger partial charge in [-0.1, -0.05) is 18.2 Å². The summed E-state index contributed by atoms with van der Waals surface area (Å²) in [5.41, 5.74) is 0.00241. The van der Waals surface area contributed by atoms with Gasteiger partial charge in [0.15, 0.2) is 0 Å². The van der Waals surface area contributed by atoms with Gasteiger partial charge in [0, 0.05) is 11.1 Å². The Kier molecular flexibility index (Phi) is 2.46. The van der Waals surface area contributed by atoms with Crippen molar-refractivity contribution in [3.05, 3.63) is 59.9 Å². The molecule has 0 atom stereocenters. The molecule has 0 bridgehead atoms. The topological polar surface area (TPSA) is 0 Å². The van der Waals surface area contributed by atoms with Crippen LogP contribution in [-0.2, 0) is 0 Å². The molecule has 0 aliphatic heterocycles. The molecule has 0 aromatic heterocycles. The van der Waals surface area contributed by atoms with Crippen LogP contribution >= 0.6 is 0 Å². The smallest absolute Gasteiger partial charge is 0.131 e. The summed E-state index contributed by atoms with van der Waals surface area (Å²) in [6, 6.07) is 8.65. The lowest BCUT2D eigenvalue weighted by atomic mass is 10.0. The van der Waals surface area contributed by atoms with Crippen molar-refractivity contribution in [2.45, 2.75) is 0 Å². The van der Waals surface area contributed by atoms with Crippen LogP contribution in [0.25, 0.3) is 11.1 Å². The van der Waals surface area contributed by atoms with Crippen LogP contribution in [0.4, 0.5) is 13.2 Å². The third-order valence-corrected chi connectivity index (χ3v) is 2.09. The standard InChI is InChI=1S/C12H7F3/c13-8-5-6-12(15)10(7-8)9-3-1-2-4-11(9)14/h1-7H. The molecule has 2 aromatic carbocycles. The van der Waals surface area contributed by atoms with Gasteiger partial charge in [-0.2, -0.15) is 0 Å². The fourth-order valence-corrected chi connectivity index (χ4v) is 1.38. The van der Waals surface area contributed by atoms with E-state index in [0.29, 0.717) is 0 Å². The largest absolute Gasteiger partial charge is 0.207 e. The van der Waals surface area contributed by atoms with Crippen LogP contribution in [0.1, 0.15) is 0 Å². The van der Waals surface area contributed by atoms with Crippen molar-refractivity contribution in [1.82, 2.24) is 0 Å². The molecule has 0 saturated carbocycles. The Balaban J connectivity index is 2.64. The van der Waals surface area contributed by atoms with Gasteiger partial charge in [-0.25, -0.2) is 13.2 Å². The molecule has 0 heterocycles. The van der Waals surface area contributed by atoms with Gasteiger partial charge >= 0.3 is 0 Å². The van der Waals surface area contributed by atoms with Crippen LogP contribution in [0.2, 0.25) is 0 Å². The molecule has 0 amide bonds. The van der Waals surface area contributed by atoms with Crippen molar-refractivity contribution >= 4 is 0 Å². The van der Waals surface area contributed by atoms with Crippen LogP contribution in [0.15, 0.2) is 42.5 Å². The van der Waals surface area contributed by atoms with E-state index in [1.807, 2.05) is 0 Å². The molecule has 2 aromatic rings. The van der Waals surface area contributed by atoms with E-state index in [1.165, 1.54) is 18.2 Å². The summed E-state index contributed by atoms with van der Waals surface area (Å²) >= 11 is 0. The van der Waals surface area contributed by atoms with Crippen molar-refractivity contribution in [2.75, 3.05) is 0 Å². The van der Waals surface area contributed by atoms with Crippen LogP contribution in [0.5, 0.6) is 0 Å². The van der Waals surface area contributed by atoms with Gasteiger partial charge in [0.1, 0.15) is 17.5 Å². The first-order valence-electron chi connectivity index (χ1n) is 4.38. The predicted octanol–water partition coefficient (Wildman–Crippen LogP) is 3.77. The van der Waals surface area contributed by atoms with Gasteiger partial charge in [0.25, 0.3) is 0 Å². The molecular formula is C12H7F3. The Morgan fingerprint density at radius 1 is 0.667 bits per heavy atom. The van der Waals surface area contributed by atoms with Gasteiger partial charge in [0.05, 0.1) is 0 Å². The average molecular weight is 208 g/mol. The summed E-state index contributed by atoms with van der Waals surface area (Å²) < 4.78 is 39.5. The Bertz CT molecular complexity index is 492. The van der Waals surface area contributed by atoms with Crippen LogP contribution < -0.4 is 0 Å². The van der Waals surface area contributed by atoms with E-state index < -0.39 is 17.5 Å². The first-order chi connectivity index (χ1) is 7.18. The van der Waals surface area contributed by atoms with Crippen LogP contribution in [0.3, 0.4) is 0 Å². The summed E-state index contributed by atoms with van der Waals surface area (Å²) in [6.07, 6.45) is 0. The van der Waals surface area contributed by atoms with Crippen molar-refractivity contribution in [2.24, 2.45) is 0 Å². The molecule has 0 aliphatic rings. The second-order valence-electron chi connectivity index (χ2n) is 3.10. The Labute approximate surface area is 85.0 Å². The number of rotatable bonds is 1. The van der Waals surface area contributed by atoms with E-state index in [1.54, 1.807) is 6.07 Å². The van der Waals surface area contributed by atoms with E-state index in [0.717, 1.165) is 18.2 Å². The van der Waals surface area contributed by atoms with Crippen molar-refractivity contribution in [3.63, 3.8) is 0 Å². The van der Waals surface area contributed by atoms with Crippen molar-refractivity contribution in [1.29, 1.82) is 0 Å². The first-order valence-corrected chi connectivity index (χ1v) is 4.38. The third-order valence-electron chi connectivity index (χ3n) is 2.09. The Hall–Kier alpha value is -1.77. The molecule has 0 nitrogen and oxygen atoms in total. The minimum absolute atomic E-state index is 0.0619. The molecular weight excluding hydrogens is 201 g/mol. The number of hydrogen-bond acceptors (Lipinski definition) is 0. The SMILES string of the molecule is Fc1ccc(F)c(-c2ccccc2F)c1. The average Bonchev–Trinajstić information content (AvgIpc) is 2.23. The summed E-state index contributed by atoms with van der Waals surface area (Å²) in [5.74, 6) is -1.79. The van der Waals surface area contributed by atoms with Gasteiger partial charge < -0.3 is 0 Å². The maximum Gasteiger partial charge on any atom is 0.131 e. The molecule has 0 aliphatic carbocycles. The van der Waals surface area contributed by atoms with E-state index in [4.69, 9.17) is 0 Å². The second-order valence-corrected chi connectivity index (χ2v) is 3.10. The highest BCUT2D eigenvalue weighted by Gasteiger charge is 2.09. The van der Waals surface area contributed by atoms with Gasteiger partial charge in [0.2, 0.25) is 0 Å². The fraction of sp³-hybridized carbons (Fsp3) is 0. The quantitative estimate of drug-likeness (QED) is 0.669. The van der Waals surface area contributed by atoms with Gasteiger partial charge in [-0.05, 0) is 24.3 Å². The molecule has 15 heavy (non-hydrogen) atoms. The van der Waals surface area contributed by atoms with Crippen LogP contribution in [-0.4, -0.2) is 0 Å². The van der Waals surface area contributed by atoms with Gasteiger partial charge in [-0.15, -0.1) is 0 Å². The maximum absolute atomic E-state index is 13.3. The highest BCUT2D eigenvalue weighted by atomic mass is 19.1. The van der Waals surface area contributed by atoms with E-state index in [9.17, 15) is 13.2 Å². The predicted molar refractivity (Wildman–Crippen MR) is 51.8 cm³/mol. The molecule has 0 N–H and O–H groups in total. The Morgan fingerprint density at radius 2 is 1.33 bits per heavy atom. The molecule has 2 rings (SSSR count). The maximum atomic E-state index is 13.3. The third kappa shape index (κ3) is 1.86. The zero-order chi connectivity index (χ0) is 10.8. The lowest BCUT2D eigenvalue weighted by Crippen LogP contribution is -1.89. The number of halogens is 3. The van der Waals surface area contributed by atoms with Crippen molar-refractivity contribution in [3.8, 4) is 11.1 Å². The lowest BCUT2D eigenvalue weighted by molar-refractivity contribution is 0.598. The van der Waals surface area contributed by atoms with Gasteiger partial charge in [-0.3, -0.25) is 0 Å². The molecule has 0 radical (unpaired) electrons. The number of hydrogen-bond donors (Lipinski definition) is 0. The Morgan fingerprint density at radius 3 is 2.07 bits per heavy atom. The van der Waals surface area contributed by atoms with Crippen LogP contribution in [0, 0.1) is 17.5 Å². The zero-order valence-electron chi connectivity index (χ0n) is 7.68. The van der Waals surface area contributed by atoms with Crippen molar-refractivity contribution < 1.29 is 13.2 Å². The molecule has 76 valence electrons. The minimum atomic E-state index is -0.638. The molecule has 0 fully saturated rings. The highest BCUT2D eigenvalue weighted by Crippen LogP contribution is 2.25. The number of benzene rings is 2. The summed E-state index contributed by atoms with van der Waals surface area (Å²) in [5, 5.41) is 0. The normalized spacial score (nSPS) is 10.3.